The number of carbonyl (C=O) groups excluding carboxylic acids is 1. The summed E-state index contributed by atoms with van der Waals surface area (Å²) in [5.74, 6) is -2.57. The van der Waals surface area contributed by atoms with Crippen LogP contribution < -0.4 is 10.2 Å². The van der Waals surface area contributed by atoms with Gasteiger partial charge >= 0.3 is 11.9 Å². The second kappa shape index (κ2) is 12.2. The van der Waals surface area contributed by atoms with Crippen molar-refractivity contribution in [3.05, 3.63) is 78.1 Å². The fourth-order valence-corrected chi connectivity index (χ4v) is 5.33. The molecule has 1 spiro atoms. The first-order valence-corrected chi connectivity index (χ1v) is 12.6. The van der Waals surface area contributed by atoms with E-state index >= 15 is 0 Å². The van der Waals surface area contributed by atoms with Gasteiger partial charge in [0.2, 0.25) is 5.91 Å². The zero-order chi connectivity index (χ0) is 27.1. The molecule has 0 aliphatic carbocycles. The number of halogens is 1. The zero-order valence-electron chi connectivity index (χ0n) is 21.0. The number of piperidine rings is 1. The molecule has 3 aliphatic rings. The van der Waals surface area contributed by atoms with Gasteiger partial charge in [-0.25, -0.2) is 14.0 Å². The number of carbonyl (C=O) groups is 3. The van der Waals surface area contributed by atoms with E-state index in [1.807, 2.05) is 30.3 Å². The highest BCUT2D eigenvalue weighted by atomic mass is 19.1. The van der Waals surface area contributed by atoms with E-state index in [9.17, 15) is 18.8 Å². The molecule has 3 aliphatic heterocycles. The lowest BCUT2D eigenvalue weighted by Gasteiger charge is -2.43. The predicted octanol–water partition coefficient (Wildman–Crippen LogP) is 3.19. The number of hydrogen-bond acceptors (Lipinski definition) is 6. The monoisotopic (exact) mass is 525 g/mol. The van der Waals surface area contributed by atoms with Gasteiger partial charge in [-0.15, -0.1) is 0 Å². The molecular formula is C28H32FN3O6. The van der Waals surface area contributed by atoms with Gasteiger partial charge in [-0.3, -0.25) is 4.79 Å². The molecule has 3 heterocycles. The summed E-state index contributed by atoms with van der Waals surface area (Å²) in [5.41, 5.74) is 1.72. The van der Waals surface area contributed by atoms with Crippen LogP contribution in [0.15, 0.2) is 66.7 Å². The maximum atomic E-state index is 13.2. The molecule has 0 aromatic heterocycles. The van der Waals surface area contributed by atoms with Gasteiger partial charge in [0.1, 0.15) is 11.4 Å². The molecule has 0 radical (unpaired) electrons. The Morgan fingerprint density at radius 1 is 1.00 bits per heavy atom. The number of nitrogens with one attached hydrogen (secondary N) is 1. The summed E-state index contributed by atoms with van der Waals surface area (Å²) in [6.45, 7) is 3.24. The second-order valence-electron chi connectivity index (χ2n) is 9.65. The first-order chi connectivity index (χ1) is 18.3. The van der Waals surface area contributed by atoms with E-state index < -0.39 is 17.5 Å². The van der Waals surface area contributed by atoms with E-state index in [0.717, 1.165) is 56.6 Å². The zero-order valence-corrected chi connectivity index (χ0v) is 21.0. The van der Waals surface area contributed by atoms with Crippen LogP contribution in [0.2, 0.25) is 0 Å². The molecule has 38 heavy (non-hydrogen) atoms. The minimum atomic E-state index is -1.26. The van der Waals surface area contributed by atoms with E-state index in [0.29, 0.717) is 18.8 Å². The number of hydrogen-bond donors (Lipinski definition) is 3. The van der Waals surface area contributed by atoms with Gasteiger partial charge in [0.05, 0.1) is 18.9 Å². The number of likely N-dealkylation sites (tertiary alicyclic amines) is 1. The molecule has 0 saturated carbocycles. The molecular weight excluding hydrogens is 493 g/mol. The molecule has 2 aromatic rings. The SMILES string of the molecule is O=C(O)C=CC(=O)O.O=C1NCN(c2ccccc2)C12CCN(CC1CCC(c3ccc(F)cc3)O1)CC2. The van der Waals surface area contributed by atoms with Crippen molar-refractivity contribution in [3.63, 3.8) is 0 Å². The second-order valence-corrected chi connectivity index (χ2v) is 9.65. The molecule has 3 fully saturated rings. The third kappa shape index (κ3) is 6.56. The Morgan fingerprint density at radius 2 is 1.63 bits per heavy atom. The Bertz CT molecular complexity index is 1130. The minimum Gasteiger partial charge on any atom is -0.478 e. The van der Waals surface area contributed by atoms with Gasteiger partial charge in [0, 0.05) is 37.5 Å². The van der Waals surface area contributed by atoms with Crippen molar-refractivity contribution >= 4 is 23.5 Å². The van der Waals surface area contributed by atoms with E-state index in [2.05, 4.69) is 27.2 Å². The lowest BCUT2D eigenvalue weighted by molar-refractivity contribution is -0.134. The molecule has 1 amide bonds. The van der Waals surface area contributed by atoms with Gasteiger partial charge in [-0.2, -0.15) is 0 Å². The van der Waals surface area contributed by atoms with Gasteiger partial charge in [0.15, 0.2) is 0 Å². The minimum absolute atomic E-state index is 0.0564. The number of aliphatic carboxylic acids is 2. The van der Waals surface area contributed by atoms with E-state index in [4.69, 9.17) is 14.9 Å². The van der Waals surface area contributed by atoms with Gasteiger partial charge in [-0.05, 0) is 55.5 Å². The molecule has 3 N–H and O–H groups in total. The third-order valence-corrected chi connectivity index (χ3v) is 7.27. The fourth-order valence-electron chi connectivity index (χ4n) is 5.33. The Hall–Kier alpha value is -3.76. The van der Waals surface area contributed by atoms with Crippen LogP contribution >= 0.6 is 0 Å². The van der Waals surface area contributed by atoms with Crippen LogP contribution in [0.1, 0.15) is 37.4 Å². The molecule has 0 bridgehead atoms. The fraction of sp³-hybridized carbons (Fsp3) is 0.393. The van der Waals surface area contributed by atoms with Crippen LogP contribution in [0.3, 0.4) is 0 Å². The van der Waals surface area contributed by atoms with Crippen LogP contribution in [0, 0.1) is 5.82 Å². The van der Waals surface area contributed by atoms with Crippen LogP contribution in [-0.4, -0.2) is 70.9 Å². The number of carboxylic acids is 2. The summed E-state index contributed by atoms with van der Waals surface area (Å²) >= 11 is 0. The number of nitrogens with zero attached hydrogens (tertiary/aromatic N) is 2. The highest BCUT2D eigenvalue weighted by molar-refractivity contribution is 5.93. The van der Waals surface area contributed by atoms with Crippen molar-refractivity contribution in [2.45, 2.75) is 43.4 Å². The molecule has 202 valence electrons. The average molecular weight is 526 g/mol. The summed E-state index contributed by atoms with van der Waals surface area (Å²) in [4.78, 5) is 36.6. The van der Waals surface area contributed by atoms with Crippen LogP contribution in [0.4, 0.5) is 10.1 Å². The van der Waals surface area contributed by atoms with E-state index in [1.54, 1.807) is 0 Å². The standard InChI is InChI=1S/C24H28FN3O2.C4H4O4/c25-19-8-6-18(7-9-19)22-11-10-21(30-22)16-27-14-12-24(13-15-27)23(29)26-17-28(24)20-4-2-1-3-5-20;5-3(6)1-2-4(7)8/h1-9,21-22H,10-17H2,(H,26,29);1-2H,(H,5,6)(H,7,8). The summed E-state index contributed by atoms with van der Waals surface area (Å²) in [6.07, 6.45) is 4.99. The van der Waals surface area contributed by atoms with Crippen LogP contribution in [0.5, 0.6) is 0 Å². The van der Waals surface area contributed by atoms with Crippen molar-refractivity contribution in [2.24, 2.45) is 0 Å². The average Bonchev–Trinajstić information content (AvgIpc) is 3.50. The highest BCUT2D eigenvalue weighted by Crippen LogP contribution is 2.37. The Morgan fingerprint density at radius 3 is 2.24 bits per heavy atom. The van der Waals surface area contributed by atoms with E-state index in [1.165, 1.54) is 12.1 Å². The number of ether oxygens (including phenoxy) is 1. The van der Waals surface area contributed by atoms with E-state index in [-0.39, 0.29) is 23.9 Å². The Labute approximate surface area is 220 Å². The smallest absolute Gasteiger partial charge is 0.328 e. The third-order valence-electron chi connectivity index (χ3n) is 7.27. The number of rotatable bonds is 6. The maximum absolute atomic E-state index is 13.2. The molecule has 3 saturated heterocycles. The summed E-state index contributed by atoms with van der Waals surface area (Å²) < 4.78 is 19.4. The summed E-state index contributed by atoms with van der Waals surface area (Å²) in [5, 5.41) is 18.7. The number of benzene rings is 2. The first-order valence-electron chi connectivity index (χ1n) is 12.6. The maximum Gasteiger partial charge on any atom is 0.328 e. The molecule has 9 nitrogen and oxygen atoms in total. The van der Waals surface area contributed by atoms with Gasteiger partial charge in [0.25, 0.3) is 0 Å². The van der Waals surface area contributed by atoms with Crippen LogP contribution in [0.25, 0.3) is 0 Å². The molecule has 2 unspecified atom stereocenters. The lowest BCUT2D eigenvalue weighted by Crippen LogP contribution is -2.57. The van der Waals surface area contributed by atoms with Crippen molar-refractivity contribution in [1.82, 2.24) is 10.2 Å². The summed E-state index contributed by atoms with van der Waals surface area (Å²) in [7, 11) is 0. The Kier molecular flexibility index (Phi) is 8.75. The normalized spacial score (nSPS) is 22.8. The van der Waals surface area contributed by atoms with Crippen molar-refractivity contribution in [2.75, 3.05) is 31.2 Å². The quantitative estimate of drug-likeness (QED) is 0.492. The Balaban J connectivity index is 0.000000368. The first kappa shape index (κ1) is 27.3. The largest absolute Gasteiger partial charge is 0.478 e. The van der Waals surface area contributed by atoms with Gasteiger partial charge < -0.3 is 30.1 Å². The topological polar surface area (TPSA) is 119 Å². The summed E-state index contributed by atoms with van der Waals surface area (Å²) in [6, 6.07) is 16.9. The number of anilines is 1. The molecule has 5 rings (SSSR count). The lowest BCUT2D eigenvalue weighted by atomic mass is 9.85. The van der Waals surface area contributed by atoms with Crippen molar-refractivity contribution in [1.29, 1.82) is 0 Å². The highest BCUT2D eigenvalue weighted by Gasteiger charge is 2.50. The molecule has 10 heteroatoms. The van der Waals surface area contributed by atoms with Crippen molar-refractivity contribution < 1.29 is 33.7 Å². The predicted molar refractivity (Wildman–Crippen MR) is 138 cm³/mol. The number of carboxylic acid groups (broad SMARTS) is 2. The van der Waals surface area contributed by atoms with Crippen LogP contribution in [-0.2, 0) is 19.1 Å². The van der Waals surface area contributed by atoms with Gasteiger partial charge in [-0.1, -0.05) is 30.3 Å². The number of para-hydroxylation sites is 1. The molecule has 2 atom stereocenters. The number of amides is 1. The molecule has 2 aromatic carbocycles. The van der Waals surface area contributed by atoms with Crippen molar-refractivity contribution in [3.8, 4) is 0 Å².